The van der Waals surface area contributed by atoms with Crippen molar-refractivity contribution >= 4 is 109 Å². The summed E-state index contributed by atoms with van der Waals surface area (Å²) in [7, 11) is 0. The van der Waals surface area contributed by atoms with E-state index in [9.17, 15) is 0 Å². The van der Waals surface area contributed by atoms with Gasteiger partial charge in [0, 0.05) is 131 Å². The fraction of sp³-hybridized carbons (Fsp3) is 0. The third-order valence-corrected chi connectivity index (χ3v) is 0. The third-order valence-electron chi connectivity index (χ3n) is 0. The van der Waals surface area contributed by atoms with Crippen molar-refractivity contribution in [2.45, 2.75) is 0 Å². The molecule has 25 nitrogen and oxygen atoms in total. The molecule has 0 bridgehead atoms. The van der Waals surface area contributed by atoms with Crippen molar-refractivity contribution in [3.8, 4) is 0 Å². The van der Waals surface area contributed by atoms with Gasteiger partial charge in [-0.05, 0) is 0 Å². The molecule has 0 amide bonds. The van der Waals surface area contributed by atoms with E-state index in [1.807, 2.05) is 0 Å². The fourth-order valence-electron chi connectivity index (χ4n) is 0. The molecular weight excluding hydrogens is 2480 g/mol. The average molecular weight is 2490 g/mol. The third kappa shape index (κ3) is 788. The Morgan fingerprint density at radius 3 is 0.233 bits per heavy atom. The van der Waals surface area contributed by atoms with Gasteiger partial charge in [-0.2, -0.15) is 0 Å². The molecule has 0 unspecified atom stereocenters. The molecule has 0 aliphatic carbocycles. The van der Waals surface area contributed by atoms with E-state index in [0.717, 1.165) is 0 Å². The molecule has 0 aliphatic rings. The summed E-state index contributed by atoms with van der Waals surface area (Å²) >= 11 is -20.4. The molecule has 8 radical (unpaired) electrons. The normalized spacial score (nSPS) is 3.02. The summed E-state index contributed by atoms with van der Waals surface area (Å²) in [6, 6.07) is 0. The Morgan fingerprint density at radius 2 is 0.233 bits per heavy atom. The smallest absolute Gasteiger partial charge is 0 e. The van der Waals surface area contributed by atoms with Crippen LogP contribution in [0.3, 0.4) is 0 Å². The molecule has 0 aliphatic heterocycles. The van der Waals surface area contributed by atoms with Crippen LogP contribution in [0.2, 0.25) is 0 Å². The van der Waals surface area contributed by atoms with Crippen molar-refractivity contribution in [2.24, 2.45) is 0 Å². The Kier molecular flexibility index (Phi) is 977. The zero-order chi connectivity index (χ0) is 17.9. The van der Waals surface area contributed by atoms with E-state index in [4.69, 9.17) is 53.5 Å². The van der Waals surface area contributed by atoms with Crippen LogP contribution in [-0.2, 0) is 241 Å². The van der Waals surface area contributed by atoms with E-state index in [0.29, 0.717) is 0 Å². The summed E-state index contributed by atoms with van der Waals surface area (Å²) < 4.78 is 129. The minimum absolute atomic E-state index is 0. The van der Waals surface area contributed by atoms with E-state index in [2.05, 4.69) is 0 Å². The molecular formula is H10La4O25Pb4Ti5Zr5. The van der Waals surface area contributed by atoms with Crippen LogP contribution in [-0.4, -0.2) is 164 Å². The molecule has 0 spiro atoms. The van der Waals surface area contributed by atoms with Gasteiger partial charge in [-0.25, -0.2) is 0 Å². The summed E-state index contributed by atoms with van der Waals surface area (Å²) in [5.74, 6) is 0. The van der Waals surface area contributed by atoms with Crippen molar-refractivity contribution in [1.29, 1.82) is 0 Å². The van der Waals surface area contributed by atoms with Gasteiger partial charge in [-0.15, -0.1) is 0 Å². The van der Waals surface area contributed by atoms with Crippen LogP contribution in [0.5, 0.6) is 0 Å². The van der Waals surface area contributed by atoms with Gasteiger partial charge < -0.3 is 54.8 Å². The van der Waals surface area contributed by atoms with Gasteiger partial charge in [0.15, 0.2) is 0 Å². The Balaban J connectivity index is -0.00000000222. The Morgan fingerprint density at radius 1 is 0.233 bits per heavy atom. The maximum Gasteiger partial charge on any atom is 2.00 e. The van der Waals surface area contributed by atoms with Gasteiger partial charge in [-0.3, -0.25) is 0 Å². The molecule has 0 heterocycles. The zero-order valence-corrected chi connectivity index (χ0v) is 70.1. The molecule has 43 heavy (non-hydrogen) atoms. The van der Waals surface area contributed by atoms with Crippen LogP contribution in [0, 0.1) is 142 Å². The van der Waals surface area contributed by atoms with Crippen LogP contribution >= 0.6 is 0 Å². The van der Waals surface area contributed by atoms with Gasteiger partial charge in [0.1, 0.15) is 0 Å². The Hall–Kier alpha value is 14.7. The first kappa shape index (κ1) is 210. The van der Waals surface area contributed by atoms with Crippen molar-refractivity contribution < 1.29 is 475 Å². The number of hydrogen-bond donors (Lipinski definition) is 0. The Bertz CT molecular complexity index is 263. The van der Waals surface area contributed by atoms with Gasteiger partial charge in [0.25, 0.3) is 0 Å². The van der Waals surface area contributed by atoms with Crippen LogP contribution in [0.1, 0.15) is 0 Å². The topological polar surface area (TPSA) is 616 Å². The first-order chi connectivity index (χ1) is 8.66. The molecule has 43 heteroatoms. The second kappa shape index (κ2) is 200. The summed E-state index contributed by atoms with van der Waals surface area (Å²) in [6.45, 7) is 0. The van der Waals surface area contributed by atoms with E-state index >= 15 is 0 Å². The molecule has 0 atom stereocenters. The predicted octanol–water partition coefficient (Wildman–Crippen LogP) is -15.8. The Labute approximate surface area is 567 Å². The zero-order valence-electron chi connectivity index (χ0n) is 19.9. The number of hydrogen-bond acceptors (Lipinski definition) is 25. The molecule has 0 saturated heterocycles. The predicted molar refractivity (Wildman–Crippen MR) is 45.8 cm³/mol. The fourth-order valence-corrected chi connectivity index (χ4v) is 0. The van der Waals surface area contributed by atoms with Crippen molar-refractivity contribution in [3.63, 3.8) is 0 Å². The van der Waals surface area contributed by atoms with Gasteiger partial charge in [-0.1, -0.05) is 0 Å². The standard InChI is InChI=1S/4La.10H2O.15O.4Pb.5Ti.5Zr/h;;;;10*1H2;;;;;;;;;;;;;;;;;;;;;;;;;;;;;/q4*+3;;;;;;;;;;;;;;;;10*-1;4*+2;;;;;;;;;;/p-10. The van der Waals surface area contributed by atoms with Crippen molar-refractivity contribution in [3.05, 3.63) is 0 Å². The second-order valence-corrected chi connectivity index (χ2v) is 5.15. The molecule has 0 aromatic heterocycles. The van der Waals surface area contributed by atoms with E-state index in [-0.39, 0.29) is 437 Å². The molecule has 228 valence electrons. The van der Waals surface area contributed by atoms with Crippen LogP contribution in [0.25, 0.3) is 0 Å². The van der Waals surface area contributed by atoms with Crippen LogP contribution < -0.4 is 36.9 Å². The maximum absolute atomic E-state index is 8.58. The second-order valence-electron chi connectivity index (χ2n) is 1.25. The monoisotopic (exact) mass is 2490 g/mol. The molecule has 0 aromatic carbocycles. The first-order valence-corrected chi connectivity index (χ1v) is 12.6. The average Bonchev–Trinajstić information content (AvgIpc) is 1.94. The minimum atomic E-state index is -4.08. The molecule has 10 N–H and O–H groups in total. The molecule has 0 aromatic rings. The summed E-state index contributed by atoms with van der Waals surface area (Å²) in [4.78, 5) is 0. The van der Waals surface area contributed by atoms with E-state index < -0.39 is 93.1 Å². The summed E-state index contributed by atoms with van der Waals surface area (Å²) in [6.07, 6.45) is 0. The molecule has 0 rings (SSSR count). The van der Waals surface area contributed by atoms with Gasteiger partial charge >= 0.3 is 398 Å². The van der Waals surface area contributed by atoms with Crippen LogP contribution in [0.15, 0.2) is 0 Å². The van der Waals surface area contributed by atoms with E-state index in [1.165, 1.54) is 0 Å². The van der Waals surface area contributed by atoms with Gasteiger partial charge in [0.05, 0.1) is 0 Å². The first-order valence-electron chi connectivity index (χ1n) is 3.06. The van der Waals surface area contributed by atoms with Crippen molar-refractivity contribution in [2.75, 3.05) is 0 Å². The summed E-state index contributed by atoms with van der Waals surface area (Å²) in [5.41, 5.74) is 0. The molecule has 0 fully saturated rings. The van der Waals surface area contributed by atoms with E-state index in [1.54, 1.807) is 0 Å². The van der Waals surface area contributed by atoms with Crippen LogP contribution in [0.4, 0.5) is 0 Å². The maximum atomic E-state index is 8.58. The minimum Gasteiger partial charge on any atom is 0 e. The SMILES string of the molecule is [La+3].[La+3].[La+3].[La+3].[OH-].[OH-].[OH-].[OH-].[OH-].[OH-].[OH-].[OH-].[OH-].[OH-].[O]=[Ti]([O-])[O-].[O]=[Ti]([O-])[O-].[O]=[Ti]([O-])[O-].[O]=[Ti]([O-])[O-].[O]=[Ti]([O-])[O-].[Pb+2].[Pb+2].[Pb+2].[Pb+2].[Zr].[Zr].[Zr].[Zr].[Zr]. The van der Waals surface area contributed by atoms with Crippen molar-refractivity contribution in [1.82, 2.24) is 0 Å². The van der Waals surface area contributed by atoms with Gasteiger partial charge in [0.2, 0.25) is 0 Å². The largest absolute Gasteiger partial charge is 2.00 e. The summed E-state index contributed by atoms with van der Waals surface area (Å²) in [5, 5.41) is 0. The quantitative estimate of drug-likeness (QED) is 0.203. The number of rotatable bonds is 0. The molecule has 0 saturated carbocycles.